The first-order chi connectivity index (χ1) is 13.0. The second-order valence-electron chi connectivity index (χ2n) is 6.27. The molecule has 0 radical (unpaired) electrons. The summed E-state index contributed by atoms with van der Waals surface area (Å²) < 4.78 is 21.5. The van der Waals surface area contributed by atoms with E-state index in [-0.39, 0.29) is 48.4 Å². The standard InChI is InChI=1S/C20H22FN5O.HI/c1-14(2)27-17-6-4-16(5-7-17)25-20(22)24-12-15-3-8-19(18(21)11-15)26-10-9-23-13-26;/h3-11,13-14H,12H2,1-2H3,(H3,22,24,25);1H. The van der Waals surface area contributed by atoms with Gasteiger partial charge in [-0.25, -0.2) is 14.4 Å². The van der Waals surface area contributed by atoms with Gasteiger partial charge < -0.3 is 20.4 Å². The van der Waals surface area contributed by atoms with Crippen LogP contribution in [0.25, 0.3) is 5.69 Å². The van der Waals surface area contributed by atoms with Gasteiger partial charge in [0.15, 0.2) is 5.96 Å². The number of nitrogens with zero attached hydrogens (tertiary/aromatic N) is 3. The Morgan fingerprint density at radius 2 is 2.00 bits per heavy atom. The summed E-state index contributed by atoms with van der Waals surface area (Å²) in [7, 11) is 0. The van der Waals surface area contributed by atoms with Crippen molar-refractivity contribution in [2.45, 2.75) is 26.5 Å². The predicted molar refractivity (Wildman–Crippen MR) is 120 cm³/mol. The van der Waals surface area contributed by atoms with Crippen molar-refractivity contribution in [3.8, 4) is 11.4 Å². The molecule has 0 bridgehead atoms. The molecule has 0 amide bonds. The van der Waals surface area contributed by atoms with Crippen molar-refractivity contribution in [1.82, 2.24) is 9.55 Å². The first kappa shape index (κ1) is 21.7. The normalized spacial score (nSPS) is 11.2. The summed E-state index contributed by atoms with van der Waals surface area (Å²) in [4.78, 5) is 8.18. The van der Waals surface area contributed by atoms with E-state index in [0.29, 0.717) is 5.69 Å². The van der Waals surface area contributed by atoms with Crippen LogP contribution in [-0.4, -0.2) is 21.6 Å². The summed E-state index contributed by atoms with van der Waals surface area (Å²) >= 11 is 0. The molecular formula is C20H23FIN5O. The van der Waals surface area contributed by atoms with Gasteiger partial charge in [0.2, 0.25) is 0 Å². The minimum Gasteiger partial charge on any atom is -0.491 e. The van der Waals surface area contributed by atoms with Gasteiger partial charge in [-0.2, -0.15) is 0 Å². The molecule has 3 rings (SSSR count). The van der Waals surface area contributed by atoms with Crippen LogP contribution in [-0.2, 0) is 6.54 Å². The summed E-state index contributed by atoms with van der Waals surface area (Å²) in [5, 5.41) is 3.01. The van der Waals surface area contributed by atoms with Gasteiger partial charge >= 0.3 is 0 Å². The Morgan fingerprint density at radius 1 is 1.25 bits per heavy atom. The van der Waals surface area contributed by atoms with Gasteiger partial charge in [-0.3, -0.25) is 0 Å². The van der Waals surface area contributed by atoms with Gasteiger partial charge in [-0.05, 0) is 55.8 Å². The minimum absolute atomic E-state index is 0. The zero-order valence-corrected chi connectivity index (χ0v) is 18.0. The van der Waals surface area contributed by atoms with E-state index >= 15 is 0 Å². The molecular weight excluding hydrogens is 472 g/mol. The van der Waals surface area contributed by atoms with E-state index in [1.807, 2.05) is 44.2 Å². The predicted octanol–water partition coefficient (Wildman–Crippen LogP) is 4.34. The summed E-state index contributed by atoms with van der Waals surface area (Å²) in [5.74, 6) is 0.708. The molecule has 0 atom stereocenters. The van der Waals surface area contributed by atoms with Crippen LogP contribution in [0.3, 0.4) is 0 Å². The van der Waals surface area contributed by atoms with E-state index in [0.717, 1.165) is 17.0 Å². The van der Waals surface area contributed by atoms with Crippen LogP contribution in [0.15, 0.2) is 66.2 Å². The Balaban J connectivity index is 0.00000280. The van der Waals surface area contributed by atoms with E-state index in [2.05, 4.69) is 15.3 Å². The zero-order chi connectivity index (χ0) is 19.2. The number of benzene rings is 2. The largest absolute Gasteiger partial charge is 0.491 e. The van der Waals surface area contributed by atoms with Crippen LogP contribution < -0.4 is 15.8 Å². The maximum absolute atomic E-state index is 14.3. The van der Waals surface area contributed by atoms with Crippen molar-refractivity contribution >= 4 is 35.6 Å². The molecule has 0 aliphatic rings. The van der Waals surface area contributed by atoms with Gasteiger partial charge in [0, 0.05) is 18.1 Å². The van der Waals surface area contributed by atoms with E-state index in [9.17, 15) is 4.39 Å². The highest BCUT2D eigenvalue weighted by Gasteiger charge is 2.05. The van der Waals surface area contributed by atoms with E-state index in [1.54, 1.807) is 29.4 Å². The van der Waals surface area contributed by atoms with Crippen molar-refractivity contribution in [1.29, 1.82) is 0 Å². The van der Waals surface area contributed by atoms with E-state index in [1.165, 1.54) is 6.07 Å². The van der Waals surface area contributed by atoms with Gasteiger partial charge in [-0.15, -0.1) is 24.0 Å². The van der Waals surface area contributed by atoms with Crippen LogP contribution in [0.1, 0.15) is 19.4 Å². The molecule has 0 aliphatic carbocycles. The van der Waals surface area contributed by atoms with Crippen LogP contribution in [0.5, 0.6) is 5.75 Å². The molecule has 1 aromatic heterocycles. The first-order valence-electron chi connectivity index (χ1n) is 8.61. The number of anilines is 1. The van der Waals surface area contributed by atoms with Crippen LogP contribution in [0.4, 0.5) is 10.1 Å². The third-order valence-electron chi connectivity index (χ3n) is 3.73. The molecule has 6 nitrogen and oxygen atoms in total. The molecule has 0 spiro atoms. The number of guanidine groups is 1. The van der Waals surface area contributed by atoms with Crippen LogP contribution in [0, 0.1) is 5.82 Å². The molecule has 3 N–H and O–H groups in total. The molecule has 0 saturated carbocycles. The number of rotatable bonds is 6. The number of imidazole rings is 1. The van der Waals surface area contributed by atoms with E-state index in [4.69, 9.17) is 10.5 Å². The maximum atomic E-state index is 14.3. The Labute approximate surface area is 180 Å². The monoisotopic (exact) mass is 495 g/mol. The fraction of sp³-hybridized carbons (Fsp3) is 0.200. The van der Waals surface area contributed by atoms with E-state index < -0.39 is 0 Å². The third-order valence-corrected chi connectivity index (χ3v) is 3.73. The molecule has 8 heteroatoms. The molecule has 0 saturated heterocycles. The van der Waals surface area contributed by atoms with Crippen molar-refractivity contribution < 1.29 is 9.13 Å². The first-order valence-corrected chi connectivity index (χ1v) is 8.61. The molecule has 0 unspecified atom stereocenters. The molecule has 3 aromatic rings. The molecule has 28 heavy (non-hydrogen) atoms. The highest BCUT2D eigenvalue weighted by atomic mass is 127. The Bertz CT molecular complexity index is 911. The number of aliphatic imine (C=N–C) groups is 1. The number of ether oxygens (including phenoxy) is 1. The lowest BCUT2D eigenvalue weighted by atomic mass is 10.2. The quantitative estimate of drug-likeness (QED) is 0.303. The number of hydrogen-bond acceptors (Lipinski definition) is 3. The lowest BCUT2D eigenvalue weighted by molar-refractivity contribution is 0.242. The fourth-order valence-corrected chi connectivity index (χ4v) is 2.51. The molecule has 0 fully saturated rings. The summed E-state index contributed by atoms with van der Waals surface area (Å²) in [6.45, 7) is 4.22. The molecule has 2 aromatic carbocycles. The number of aromatic nitrogens is 2. The van der Waals surface area contributed by atoms with Crippen LogP contribution in [0.2, 0.25) is 0 Å². The summed E-state index contributed by atoms with van der Waals surface area (Å²) in [6, 6.07) is 12.4. The summed E-state index contributed by atoms with van der Waals surface area (Å²) in [5.41, 5.74) is 7.88. The minimum atomic E-state index is -0.340. The Hall–Kier alpha value is -2.62. The van der Waals surface area contributed by atoms with Crippen molar-refractivity contribution in [3.05, 3.63) is 72.6 Å². The second-order valence-corrected chi connectivity index (χ2v) is 6.27. The third kappa shape index (κ3) is 5.95. The number of hydrogen-bond donors (Lipinski definition) is 2. The van der Waals surface area contributed by atoms with Crippen molar-refractivity contribution in [3.63, 3.8) is 0 Å². The number of halogens is 2. The molecule has 0 aliphatic heterocycles. The zero-order valence-electron chi connectivity index (χ0n) is 15.7. The number of nitrogens with one attached hydrogen (secondary N) is 1. The van der Waals surface area contributed by atoms with Gasteiger partial charge in [-0.1, -0.05) is 6.07 Å². The van der Waals surface area contributed by atoms with Crippen LogP contribution >= 0.6 is 24.0 Å². The lowest BCUT2D eigenvalue weighted by Crippen LogP contribution is -2.22. The highest BCUT2D eigenvalue weighted by Crippen LogP contribution is 2.17. The molecule has 1 heterocycles. The Morgan fingerprint density at radius 3 is 2.61 bits per heavy atom. The Kier molecular flexibility index (Phi) is 7.80. The van der Waals surface area contributed by atoms with Gasteiger partial charge in [0.25, 0.3) is 0 Å². The lowest BCUT2D eigenvalue weighted by Gasteiger charge is -2.11. The summed E-state index contributed by atoms with van der Waals surface area (Å²) in [6.07, 6.45) is 4.97. The average Bonchev–Trinajstić information content (AvgIpc) is 3.16. The van der Waals surface area contributed by atoms with Crippen molar-refractivity contribution in [2.24, 2.45) is 10.7 Å². The topological polar surface area (TPSA) is 77.5 Å². The van der Waals surface area contributed by atoms with Gasteiger partial charge in [0.1, 0.15) is 11.6 Å². The highest BCUT2D eigenvalue weighted by molar-refractivity contribution is 14.0. The maximum Gasteiger partial charge on any atom is 0.193 e. The van der Waals surface area contributed by atoms with Gasteiger partial charge in [0.05, 0.1) is 24.7 Å². The molecule has 148 valence electrons. The SMILES string of the molecule is CC(C)Oc1ccc(NC(N)=NCc2ccc(-n3ccnc3)c(F)c2)cc1.I. The fourth-order valence-electron chi connectivity index (χ4n) is 2.51. The average molecular weight is 495 g/mol. The number of nitrogens with two attached hydrogens (primary N) is 1. The second kappa shape index (κ2) is 10.1. The van der Waals surface area contributed by atoms with Crippen molar-refractivity contribution in [2.75, 3.05) is 5.32 Å². The smallest absolute Gasteiger partial charge is 0.193 e.